The molecule has 5 nitrogen and oxygen atoms in total. The van der Waals surface area contributed by atoms with Crippen LogP contribution in [0.1, 0.15) is 23.6 Å². The van der Waals surface area contributed by atoms with E-state index in [0.29, 0.717) is 17.3 Å². The zero-order valence-electron chi connectivity index (χ0n) is 12.6. The molecule has 1 aliphatic rings. The normalized spacial score (nSPS) is 16.5. The molecular weight excluding hydrogens is 326 g/mol. The van der Waals surface area contributed by atoms with Crippen LogP contribution in [0.15, 0.2) is 54.9 Å². The summed E-state index contributed by atoms with van der Waals surface area (Å²) >= 11 is 5.94. The molecule has 1 atom stereocenters. The van der Waals surface area contributed by atoms with Crippen LogP contribution in [-0.4, -0.2) is 20.6 Å². The van der Waals surface area contributed by atoms with Crippen molar-refractivity contribution in [1.29, 1.82) is 0 Å². The van der Waals surface area contributed by atoms with E-state index in [4.69, 9.17) is 11.6 Å². The van der Waals surface area contributed by atoms with Gasteiger partial charge in [-0.3, -0.25) is 9.36 Å². The van der Waals surface area contributed by atoms with E-state index in [1.54, 1.807) is 36.7 Å². The highest BCUT2D eigenvalue weighted by molar-refractivity contribution is 6.30. The number of nitrogens with zero attached hydrogens (tertiary/aromatic N) is 2. The van der Waals surface area contributed by atoms with Crippen LogP contribution in [-0.2, 0) is 4.79 Å². The maximum atomic E-state index is 12.2. The summed E-state index contributed by atoms with van der Waals surface area (Å²) in [6.07, 6.45) is 1.99. The summed E-state index contributed by atoms with van der Waals surface area (Å²) in [5.74, 6) is 0.569. The Balaban J connectivity index is 1.81. The molecule has 0 spiro atoms. The van der Waals surface area contributed by atoms with Crippen LogP contribution in [0.5, 0.6) is 5.75 Å². The molecule has 1 aromatic heterocycles. The van der Waals surface area contributed by atoms with Crippen LogP contribution < -0.4 is 5.32 Å². The number of aromatic nitrogens is 2. The van der Waals surface area contributed by atoms with Gasteiger partial charge in [0.15, 0.2) is 0 Å². The SMILES string of the molecule is O=C1CC(c2cccc(O)c2)c2ncn(-c3ccc(Cl)cc3)c2N1. The molecule has 24 heavy (non-hydrogen) atoms. The fraction of sp³-hybridized carbons (Fsp3) is 0.111. The van der Waals surface area contributed by atoms with Gasteiger partial charge >= 0.3 is 0 Å². The summed E-state index contributed by atoms with van der Waals surface area (Å²) in [5, 5.41) is 13.3. The smallest absolute Gasteiger partial charge is 0.226 e. The van der Waals surface area contributed by atoms with Crippen molar-refractivity contribution in [2.75, 3.05) is 5.32 Å². The molecule has 6 heteroatoms. The molecule has 3 aromatic rings. The molecule has 2 heterocycles. The Kier molecular flexibility index (Phi) is 3.50. The monoisotopic (exact) mass is 339 g/mol. The molecule has 0 bridgehead atoms. The number of nitrogens with one attached hydrogen (secondary N) is 1. The number of phenols is 1. The number of imidazole rings is 1. The van der Waals surface area contributed by atoms with Gasteiger partial charge in [-0.25, -0.2) is 4.98 Å². The molecule has 1 aliphatic heterocycles. The zero-order chi connectivity index (χ0) is 16.7. The number of benzene rings is 2. The average molecular weight is 340 g/mol. The highest BCUT2D eigenvalue weighted by Crippen LogP contribution is 2.38. The third-order valence-corrected chi connectivity index (χ3v) is 4.40. The number of hydrogen-bond acceptors (Lipinski definition) is 3. The van der Waals surface area contributed by atoms with Gasteiger partial charge in [-0.1, -0.05) is 23.7 Å². The summed E-state index contributed by atoms with van der Waals surface area (Å²) in [6.45, 7) is 0. The van der Waals surface area contributed by atoms with E-state index in [1.165, 1.54) is 0 Å². The van der Waals surface area contributed by atoms with Crippen molar-refractivity contribution in [1.82, 2.24) is 9.55 Å². The third kappa shape index (κ3) is 2.53. The first-order valence-electron chi connectivity index (χ1n) is 7.54. The molecular formula is C18H14ClN3O2. The van der Waals surface area contributed by atoms with E-state index >= 15 is 0 Å². The number of carbonyl (C=O) groups excluding carboxylic acids is 1. The lowest BCUT2D eigenvalue weighted by atomic mass is 9.90. The Morgan fingerprint density at radius 3 is 2.75 bits per heavy atom. The fourth-order valence-corrected chi connectivity index (χ4v) is 3.15. The Labute approximate surface area is 143 Å². The van der Waals surface area contributed by atoms with E-state index in [0.717, 1.165) is 16.9 Å². The highest BCUT2D eigenvalue weighted by Gasteiger charge is 2.31. The zero-order valence-corrected chi connectivity index (χ0v) is 13.4. The summed E-state index contributed by atoms with van der Waals surface area (Å²) in [7, 11) is 0. The first-order valence-corrected chi connectivity index (χ1v) is 7.91. The van der Waals surface area contributed by atoms with Crippen LogP contribution in [0.3, 0.4) is 0 Å². The predicted molar refractivity (Wildman–Crippen MR) is 91.8 cm³/mol. The molecule has 0 radical (unpaired) electrons. The minimum Gasteiger partial charge on any atom is -0.508 e. The first-order chi connectivity index (χ1) is 11.6. The number of hydrogen-bond donors (Lipinski definition) is 2. The summed E-state index contributed by atoms with van der Waals surface area (Å²) in [6, 6.07) is 14.3. The van der Waals surface area contributed by atoms with Crippen molar-refractivity contribution >= 4 is 23.3 Å². The number of aromatic hydroxyl groups is 1. The van der Waals surface area contributed by atoms with Crippen molar-refractivity contribution in [3.05, 3.63) is 71.1 Å². The van der Waals surface area contributed by atoms with Crippen LogP contribution >= 0.6 is 11.6 Å². The predicted octanol–water partition coefficient (Wildman–Crippen LogP) is 3.71. The number of phenolic OH excluding ortho intramolecular Hbond substituents is 1. The van der Waals surface area contributed by atoms with Gasteiger partial charge in [-0.2, -0.15) is 0 Å². The Hall–Kier alpha value is -2.79. The van der Waals surface area contributed by atoms with Gasteiger partial charge in [-0.15, -0.1) is 0 Å². The lowest BCUT2D eigenvalue weighted by Crippen LogP contribution is -2.24. The second kappa shape index (κ2) is 5.69. The number of rotatable bonds is 2. The fourth-order valence-electron chi connectivity index (χ4n) is 3.02. The maximum absolute atomic E-state index is 12.2. The number of halogens is 1. The van der Waals surface area contributed by atoms with Crippen molar-refractivity contribution in [3.8, 4) is 11.4 Å². The molecule has 120 valence electrons. The maximum Gasteiger partial charge on any atom is 0.226 e. The number of fused-ring (bicyclic) bond motifs is 1. The van der Waals surface area contributed by atoms with E-state index < -0.39 is 0 Å². The number of amides is 1. The van der Waals surface area contributed by atoms with Gasteiger partial charge < -0.3 is 10.4 Å². The molecule has 0 fully saturated rings. The third-order valence-electron chi connectivity index (χ3n) is 4.15. The Bertz CT molecular complexity index is 918. The van der Waals surface area contributed by atoms with Crippen LogP contribution in [0.25, 0.3) is 5.69 Å². The van der Waals surface area contributed by atoms with E-state index in [-0.39, 0.29) is 17.6 Å². The molecule has 1 unspecified atom stereocenters. The van der Waals surface area contributed by atoms with Gasteiger partial charge in [0.2, 0.25) is 5.91 Å². The summed E-state index contributed by atoms with van der Waals surface area (Å²) in [5.41, 5.74) is 2.52. The van der Waals surface area contributed by atoms with Gasteiger partial charge in [0.1, 0.15) is 17.9 Å². The van der Waals surface area contributed by atoms with Gasteiger partial charge in [0, 0.05) is 23.0 Å². The highest BCUT2D eigenvalue weighted by atomic mass is 35.5. The molecule has 0 aliphatic carbocycles. The minimum absolute atomic E-state index is 0.0773. The van der Waals surface area contributed by atoms with E-state index in [9.17, 15) is 9.90 Å². The van der Waals surface area contributed by atoms with Gasteiger partial charge in [-0.05, 0) is 42.0 Å². The Morgan fingerprint density at radius 2 is 2.00 bits per heavy atom. The van der Waals surface area contributed by atoms with Crippen LogP contribution in [0.4, 0.5) is 5.82 Å². The van der Waals surface area contributed by atoms with E-state index in [1.807, 2.05) is 22.8 Å². The first kappa shape index (κ1) is 14.8. The largest absolute Gasteiger partial charge is 0.508 e. The molecule has 2 aromatic carbocycles. The summed E-state index contributed by atoms with van der Waals surface area (Å²) in [4.78, 5) is 16.7. The second-order valence-corrected chi connectivity index (χ2v) is 6.16. The standard InChI is InChI=1S/C18H14ClN3O2/c19-12-4-6-13(7-5-12)22-10-20-17-15(9-16(24)21-18(17)22)11-2-1-3-14(23)8-11/h1-8,10,15,23H,9H2,(H,21,24). The molecule has 0 saturated carbocycles. The number of carbonyl (C=O) groups is 1. The quantitative estimate of drug-likeness (QED) is 0.748. The molecule has 0 saturated heterocycles. The van der Waals surface area contributed by atoms with Crippen molar-refractivity contribution in [2.45, 2.75) is 12.3 Å². The van der Waals surface area contributed by atoms with Gasteiger partial charge in [0.05, 0.1) is 5.69 Å². The molecule has 4 rings (SSSR count). The average Bonchev–Trinajstić information content (AvgIpc) is 2.98. The number of anilines is 1. The lowest BCUT2D eigenvalue weighted by Gasteiger charge is -2.23. The van der Waals surface area contributed by atoms with Gasteiger partial charge in [0.25, 0.3) is 0 Å². The van der Waals surface area contributed by atoms with E-state index in [2.05, 4.69) is 10.3 Å². The second-order valence-electron chi connectivity index (χ2n) is 5.72. The Morgan fingerprint density at radius 1 is 1.21 bits per heavy atom. The topological polar surface area (TPSA) is 67.1 Å². The van der Waals surface area contributed by atoms with Crippen LogP contribution in [0.2, 0.25) is 5.02 Å². The molecule has 1 amide bonds. The van der Waals surface area contributed by atoms with Crippen molar-refractivity contribution in [3.63, 3.8) is 0 Å². The lowest BCUT2D eigenvalue weighted by molar-refractivity contribution is -0.116. The van der Waals surface area contributed by atoms with Crippen LogP contribution in [0, 0.1) is 0 Å². The molecule has 2 N–H and O–H groups in total. The minimum atomic E-state index is -0.186. The summed E-state index contributed by atoms with van der Waals surface area (Å²) < 4.78 is 1.83. The van der Waals surface area contributed by atoms with Crippen molar-refractivity contribution in [2.24, 2.45) is 0 Å². The van der Waals surface area contributed by atoms with Crippen molar-refractivity contribution < 1.29 is 9.90 Å².